The number of rotatable bonds is 4. The highest BCUT2D eigenvalue weighted by atomic mass is 35.5. The van der Waals surface area contributed by atoms with Crippen molar-refractivity contribution in [1.82, 2.24) is 10.1 Å². The summed E-state index contributed by atoms with van der Waals surface area (Å²) in [6, 6.07) is 4.80. The standard InChI is InChI=1S/C11H9ClN2O3/c1-7-13-11(14-17-7)6-16-10-3-2-9(12)4-8(10)5-15/h2-5H,6H2,1H3. The number of aromatic nitrogens is 2. The van der Waals surface area contributed by atoms with Gasteiger partial charge in [0.1, 0.15) is 5.75 Å². The van der Waals surface area contributed by atoms with Crippen LogP contribution in [-0.4, -0.2) is 16.4 Å². The van der Waals surface area contributed by atoms with E-state index in [1.54, 1.807) is 19.1 Å². The summed E-state index contributed by atoms with van der Waals surface area (Å²) in [5.41, 5.74) is 0.387. The normalized spacial score (nSPS) is 10.2. The number of hydrogen-bond acceptors (Lipinski definition) is 5. The monoisotopic (exact) mass is 252 g/mol. The third-order valence-corrected chi connectivity index (χ3v) is 2.26. The van der Waals surface area contributed by atoms with Crippen LogP contribution in [0.25, 0.3) is 0 Å². The number of ether oxygens (including phenoxy) is 1. The summed E-state index contributed by atoms with van der Waals surface area (Å²) in [5, 5.41) is 4.16. The second-order valence-electron chi connectivity index (χ2n) is 3.32. The molecule has 0 saturated carbocycles. The zero-order valence-electron chi connectivity index (χ0n) is 9.01. The number of halogens is 1. The average molecular weight is 253 g/mol. The lowest BCUT2D eigenvalue weighted by Crippen LogP contribution is -2.00. The van der Waals surface area contributed by atoms with E-state index in [0.717, 1.165) is 0 Å². The Morgan fingerprint density at radius 1 is 1.53 bits per heavy atom. The van der Waals surface area contributed by atoms with Gasteiger partial charge in [-0.25, -0.2) is 0 Å². The van der Waals surface area contributed by atoms with Crippen molar-refractivity contribution in [2.45, 2.75) is 13.5 Å². The third-order valence-electron chi connectivity index (χ3n) is 2.03. The van der Waals surface area contributed by atoms with Gasteiger partial charge in [-0.15, -0.1) is 0 Å². The highest BCUT2D eigenvalue weighted by molar-refractivity contribution is 6.30. The van der Waals surface area contributed by atoms with Crippen molar-refractivity contribution in [1.29, 1.82) is 0 Å². The molecule has 0 unspecified atom stereocenters. The van der Waals surface area contributed by atoms with Crippen molar-refractivity contribution in [3.05, 3.63) is 40.5 Å². The molecule has 0 bridgehead atoms. The van der Waals surface area contributed by atoms with Crippen LogP contribution in [-0.2, 0) is 6.61 Å². The number of carbonyl (C=O) groups is 1. The van der Waals surface area contributed by atoms with Crippen LogP contribution < -0.4 is 4.74 Å². The fraction of sp³-hybridized carbons (Fsp3) is 0.182. The van der Waals surface area contributed by atoms with Gasteiger partial charge in [0.05, 0.1) is 5.56 Å². The molecule has 0 atom stereocenters. The van der Waals surface area contributed by atoms with Crippen molar-refractivity contribution < 1.29 is 14.1 Å². The lowest BCUT2D eigenvalue weighted by atomic mass is 10.2. The quantitative estimate of drug-likeness (QED) is 0.782. The van der Waals surface area contributed by atoms with E-state index in [0.29, 0.717) is 34.3 Å². The van der Waals surface area contributed by atoms with Gasteiger partial charge in [0.15, 0.2) is 12.9 Å². The lowest BCUT2D eigenvalue weighted by molar-refractivity contribution is 0.111. The van der Waals surface area contributed by atoms with E-state index in [2.05, 4.69) is 10.1 Å². The smallest absolute Gasteiger partial charge is 0.223 e. The van der Waals surface area contributed by atoms with Gasteiger partial charge in [-0.05, 0) is 18.2 Å². The Morgan fingerprint density at radius 2 is 2.35 bits per heavy atom. The van der Waals surface area contributed by atoms with Crippen LogP contribution in [0.4, 0.5) is 0 Å². The average Bonchev–Trinajstić information content (AvgIpc) is 2.73. The van der Waals surface area contributed by atoms with Gasteiger partial charge in [-0.3, -0.25) is 4.79 Å². The van der Waals surface area contributed by atoms with E-state index in [9.17, 15) is 4.79 Å². The highest BCUT2D eigenvalue weighted by Crippen LogP contribution is 2.21. The number of nitrogens with zero attached hydrogens (tertiary/aromatic N) is 2. The number of aryl methyl sites for hydroxylation is 1. The topological polar surface area (TPSA) is 65.2 Å². The van der Waals surface area contributed by atoms with E-state index in [1.165, 1.54) is 6.07 Å². The van der Waals surface area contributed by atoms with Crippen LogP contribution in [0, 0.1) is 6.92 Å². The summed E-state index contributed by atoms with van der Waals surface area (Å²) in [4.78, 5) is 14.8. The van der Waals surface area contributed by atoms with Gasteiger partial charge in [0.2, 0.25) is 11.7 Å². The molecule has 0 radical (unpaired) electrons. The molecule has 5 nitrogen and oxygen atoms in total. The second-order valence-corrected chi connectivity index (χ2v) is 3.75. The van der Waals surface area contributed by atoms with E-state index >= 15 is 0 Å². The van der Waals surface area contributed by atoms with Crippen molar-refractivity contribution in [2.75, 3.05) is 0 Å². The molecule has 6 heteroatoms. The van der Waals surface area contributed by atoms with Gasteiger partial charge < -0.3 is 9.26 Å². The van der Waals surface area contributed by atoms with Crippen molar-refractivity contribution >= 4 is 17.9 Å². The first-order valence-electron chi connectivity index (χ1n) is 4.86. The van der Waals surface area contributed by atoms with Gasteiger partial charge in [0.25, 0.3) is 0 Å². The van der Waals surface area contributed by atoms with Crippen LogP contribution in [0.2, 0.25) is 5.02 Å². The highest BCUT2D eigenvalue weighted by Gasteiger charge is 2.07. The lowest BCUT2D eigenvalue weighted by Gasteiger charge is -2.05. The Balaban J connectivity index is 2.11. The van der Waals surface area contributed by atoms with Crippen molar-refractivity contribution in [2.24, 2.45) is 0 Å². The molecule has 2 rings (SSSR count). The fourth-order valence-corrected chi connectivity index (χ4v) is 1.47. The molecule has 17 heavy (non-hydrogen) atoms. The number of aldehydes is 1. The molecular formula is C11H9ClN2O3. The molecule has 0 spiro atoms. The SMILES string of the molecule is Cc1nc(COc2ccc(Cl)cc2C=O)no1. The minimum absolute atomic E-state index is 0.139. The van der Waals surface area contributed by atoms with Crippen molar-refractivity contribution in [3.8, 4) is 5.75 Å². The first-order chi connectivity index (χ1) is 8.19. The summed E-state index contributed by atoms with van der Waals surface area (Å²) >= 11 is 5.76. The van der Waals surface area contributed by atoms with Crippen LogP contribution >= 0.6 is 11.6 Å². The van der Waals surface area contributed by atoms with Gasteiger partial charge in [0, 0.05) is 11.9 Å². The number of hydrogen-bond donors (Lipinski definition) is 0. The maximum Gasteiger partial charge on any atom is 0.223 e. The predicted octanol–water partition coefficient (Wildman–Crippen LogP) is 2.42. The summed E-state index contributed by atoms with van der Waals surface area (Å²) in [5.74, 6) is 1.33. The molecule has 0 saturated heterocycles. The van der Waals surface area contributed by atoms with E-state index in [1.807, 2.05) is 0 Å². The van der Waals surface area contributed by atoms with Crippen molar-refractivity contribution in [3.63, 3.8) is 0 Å². The molecule has 0 aliphatic carbocycles. The third kappa shape index (κ3) is 2.82. The maximum absolute atomic E-state index is 10.8. The van der Waals surface area contributed by atoms with E-state index < -0.39 is 0 Å². The Hall–Kier alpha value is -1.88. The summed E-state index contributed by atoms with van der Waals surface area (Å²) < 4.78 is 10.2. The second kappa shape index (κ2) is 4.97. The molecule has 0 N–H and O–H groups in total. The zero-order valence-corrected chi connectivity index (χ0v) is 9.77. The molecule has 0 fully saturated rings. The summed E-state index contributed by atoms with van der Waals surface area (Å²) in [6.45, 7) is 1.83. The van der Waals surface area contributed by atoms with Crippen LogP contribution in [0.1, 0.15) is 22.1 Å². The Morgan fingerprint density at radius 3 is 3.00 bits per heavy atom. The zero-order chi connectivity index (χ0) is 12.3. The molecule has 1 aromatic heterocycles. The van der Waals surface area contributed by atoms with Crippen LogP contribution in [0.3, 0.4) is 0 Å². The molecule has 0 aliphatic rings. The van der Waals surface area contributed by atoms with E-state index in [4.69, 9.17) is 20.9 Å². The minimum Gasteiger partial charge on any atom is -0.485 e. The molecule has 0 amide bonds. The first-order valence-corrected chi connectivity index (χ1v) is 5.23. The van der Waals surface area contributed by atoms with Crippen LogP contribution in [0.5, 0.6) is 5.75 Å². The molecular weight excluding hydrogens is 244 g/mol. The van der Waals surface area contributed by atoms with Crippen LogP contribution in [0.15, 0.2) is 22.7 Å². The maximum atomic E-state index is 10.8. The molecule has 1 heterocycles. The minimum atomic E-state index is 0.139. The summed E-state index contributed by atoms with van der Waals surface area (Å²) in [7, 11) is 0. The van der Waals surface area contributed by atoms with Gasteiger partial charge in [-0.1, -0.05) is 16.8 Å². The Kier molecular flexibility index (Phi) is 3.39. The molecule has 1 aromatic carbocycles. The fourth-order valence-electron chi connectivity index (χ4n) is 1.29. The largest absolute Gasteiger partial charge is 0.485 e. The summed E-state index contributed by atoms with van der Waals surface area (Å²) in [6.07, 6.45) is 0.683. The number of benzene rings is 1. The first kappa shape index (κ1) is 11.6. The van der Waals surface area contributed by atoms with Gasteiger partial charge >= 0.3 is 0 Å². The molecule has 88 valence electrons. The number of carbonyl (C=O) groups excluding carboxylic acids is 1. The van der Waals surface area contributed by atoms with E-state index in [-0.39, 0.29) is 6.61 Å². The molecule has 2 aromatic rings. The van der Waals surface area contributed by atoms with Gasteiger partial charge in [-0.2, -0.15) is 4.98 Å². The molecule has 0 aliphatic heterocycles. The Labute approximate surface area is 102 Å². The predicted molar refractivity (Wildman–Crippen MR) is 60.2 cm³/mol. The Bertz CT molecular complexity index is 539.